The van der Waals surface area contributed by atoms with E-state index >= 15 is 0 Å². The van der Waals surface area contributed by atoms with Gasteiger partial charge in [-0.15, -0.1) is 0 Å². The van der Waals surface area contributed by atoms with Crippen molar-refractivity contribution >= 4 is 12.1 Å². The van der Waals surface area contributed by atoms with E-state index in [1.165, 1.54) is 18.0 Å². The van der Waals surface area contributed by atoms with Gasteiger partial charge in [-0.2, -0.15) is 0 Å². The van der Waals surface area contributed by atoms with Crippen LogP contribution in [0.1, 0.15) is 39.2 Å². The van der Waals surface area contributed by atoms with E-state index in [2.05, 4.69) is 0 Å². The Balaban J connectivity index is 2.89. The fourth-order valence-electron chi connectivity index (χ4n) is 2.22. The molecule has 1 amide bonds. The summed E-state index contributed by atoms with van der Waals surface area (Å²) in [7, 11) is 1.47. The van der Waals surface area contributed by atoms with Gasteiger partial charge in [-0.25, -0.2) is 9.18 Å². The summed E-state index contributed by atoms with van der Waals surface area (Å²) in [6.07, 6.45) is -0.607. The Morgan fingerprint density at radius 1 is 1.30 bits per heavy atom. The van der Waals surface area contributed by atoms with Gasteiger partial charge in [-0.3, -0.25) is 4.79 Å². The van der Waals surface area contributed by atoms with E-state index in [1.54, 1.807) is 45.9 Å². The standard InChI is InChI=1S/C17H24FNO4/c1-11(12-8-6-7-9-14(12)18)13(15(20)21)10-19(5)16(22)23-17(2,3)4/h6-9,11,13H,10H2,1-5H3,(H,20,21)/t11-,13+/m0/s1. The summed E-state index contributed by atoms with van der Waals surface area (Å²) < 4.78 is 19.1. The lowest BCUT2D eigenvalue weighted by Gasteiger charge is -2.28. The number of carbonyl (C=O) groups excluding carboxylic acids is 1. The van der Waals surface area contributed by atoms with E-state index in [4.69, 9.17) is 4.74 Å². The zero-order valence-corrected chi connectivity index (χ0v) is 14.2. The van der Waals surface area contributed by atoms with Crippen molar-refractivity contribution in [2.45, 2.75) is 39.2 Å². The molecule has 0 spiro atoms. The molecule has 0 aliphatic carbocycles. The minimum Gasteiger partial charge on any atom is -0.481 e. The van der Waals surface area contributed by atoms with E-state index in [1.807, 2.05) is 0 Å². The average molecular weight is 325 g/mol. The van der Waals surface area contributed by atoms with Crippen molar-refractivity contribution < 1.29 is 23.8 Å². The topological polar surface area (TPSA) is 66.8 Å². The molecule has 23 heavy (non-hydrogen) atoms. The van der Waals surface area contributed by atoms with E-state index in [0.29, 0.717) is 5.56 Å². The number of hydrogen-bond acceptors (Lipinski definition) is 3. The Kier molecular flexibility index (Phi) is 6.12. The molecule has 1 aromatic carbocycles. The molecule has 0 radical (unpaired) electrons. The molecule has 6 heteroatoms. The predicted octanol–water partition coefficient (Wildman–Crippen LogP) is 3.50. The van der Waals surface area contributed by atoms with Crippen LogP contribution in [0.25, 0.3) is 0 Å². The number of benzene rings is 1. The third-order valence-electron chi connectivity index (χ3n) is 3.49. The monoisotopic (exact) mass is 325 g/mol. The van der Waals surface area contributed by atoms with Gasteiger partial charge in [0.1, 0.15) is 11.4 Å². The van der Waals surface area contributed by atoms with Crippen molar-refractivity contribution in [2.75, 3.05) is 13.6 Å². The highest BCUT2D eigenvalue weighted by molar-refractivity contribution is 5.73. The second-order valence-corrected chi connectivity index (χ2v) is 6.62. The van der Waals surface area contributed by atoms with Gasteiger partial charge >= 0.3 is 12.1 Å². The molecule has 0 unspecified atom stereocenters. The van der Waals surface area contributed by atoms with Gasteiger partial charge in [0.15, 0.2) is 0 Å². The maximum absolute atomic E-state index is 13.9. The van der Waals surface area contributed by atoms with Crippen LogP contribution in [-0.2, 0) is 9.53 Å². The molecular weight excluding hydrogens is 301 g/mol. The minimum absolute atomic E-state index is 0.0697. The van der Waals surface area contributed by atoms with Gasteiger partial charge in [0.25, 0.3) is 0 Å². The molecule has 5 nitrogen and oxygen atoms in total. The molecule has 0 fully saturated rings. The Morgan fingerprint density at radius 2 is 1.87 bits per heavy atom. The molecule has 2 atom stereocenters. The van der Waals surface area contributed by atoms with Gasteiger partial charge in [0.05, 0.1) is 5.92 Å². The number of ether oxygens (including phenoxy) is 1. The van der Waals surface area contributed by atoms with Crippen LogP contribution in [0.3, 0.4) is 0 Å². The molecule has 1 aromatic rings. The number of nitrogens with zero attached hydrogens (tertiary/aromatic N) is 1. The molecule has 0 heterocycles. The average Bonchev–Trinajstić information content (AvgIpc) is 2.42. The molecule has 0 aromatic heterocycles. The number of aliphatic carboxylic acids is 1. The first-order valence-electron chi connectivity index (χ1n) is 7.44. The van der Waals surface area contributed by atoms with Crippen LogP contribution in [0.2, 0.25) is 0 Å². The van der Waals surface area contributed by atoms with E-state index in [9.17, 15) is 19.1 Å². The van der Waals surface area contributed by atoms with Crippen LogP contribution < -0.4 is 0 Å². The maximum atomic E-state index is 13.9. The molecule has 0 bridgehead atoms. The lowest BCUT2D eigenvalue weighted by molar-refractivity contribution is -0.142. The summed E-state index contributed by atoms with van der Waals surface area (Å²) in [5.41, 5.74) is -0.348. The number of halogens is 1. The highest BCUT2D eigenvalue weighted by Gasteiger charge is 2.31. The highest BCUT2D eigenvalue weighted by Crippen LogP contribution is 2.27. The smallest absolute Gasteiger partial charge is 0.410 e. The zero-order chi connectivity index (χ0) is 17.8. The van der Waals surface area contributed by atoms with Crippen LogP contribution in [0, 0.1) is 11.7 Å². The number of hydrogen-bond donors (Lipinski definition) is 1. The summed E-state index contributed by atoms with van der Waals surface area (Å²) in [6.45, 7) is 6.76. The molecule has 1 N–H and O–H groups in total. The molecule has 0 aliphatic heterocycles. The first kappa shape index (κ1) is 18.9. The summed E-state index contributed by atoms with van der Waals surface area (Å²) in [5, 5.41) is 9.46. The first-order chi connectivity index (χ1) is 10.5. The van der Waals surface area contributed by atoms with Gasteiger partial charge in [-0.1, -0.05) is 25.1 Å². The summed E-state index contributed by atoms with van der Waals surface area (Å²) in [4.78, 5) is 24.8. The highest BCUT2D eigenvalue weighted by atomic mass is 19.1. The SMILES string of the molecule is C[C@@H](c1ccccc1F)[C@@H](CN(C)C(=O)OC(C)(C)C)C(=O)O. The third-order valence-corrected chi connectivity index (χ3v) is 3.49. The van der Waals surface area contributed by atoms with Crippen molar-refractivity contribution in [1.82, 2.24) is 4.90 Å². The van der Waals surface area contributed by atoms with E-state index in [-0.39, 0.29) is 6.54 Å². The zero-order valence-electron chi connectivity index (χ0n) is 14.2. The summed E-state index contributed by atoms with van der Waals surface area (Å²) in [6, 6.07) is 6.06. The first-order valence-corrected chi connectivity index (χ1v) is 7.44. The number of carboxylic acid groups (broad SMARTS) is 1. The number of amides is 1. The normalized spacial score (nSPS) is 14.0. The fourth-order valence-corrected chi connectivity index (χ4v) is 2.22. The number of carbonyl (C=O) groups is 2. The lowest BCUT2D eigenvalue weighted by atomic mass is 9.87. The third kappa shape index (κ3) is 5.54. The lowest BCUT2D eigenvalue weighted by Crippen LogP contribution is -2.40. The van der Waals surface area contributed by atoms with Gasteiger partial charge < -0.3 is 14.7 Å². The minimum atomic E-state index is -1.09. The Hall–Kier alpha value is -2.11. The molecule has 0 saturated heterocycles. The van der Waals surface area contributed by atoms with Crippen LogP contribution in [0.5, 0.6) is 0 Å². The Labute approximate surface area is 136 Å². The molecule has 0 saturated carbocycles. The van der Waals surface area contributed by atoms with Crippen LogP contribution in [-0.4, -0.2) is 41.3 Å². The maximum Gasteiger partial charge on any atom is 0.410 e. The quantitative estimate of drug-likeness (QED) is 0.900. The largest absolute Gasteiger partial charge is 0.481 e. The van der Waals surface area contributed by atoms with Gasteiger partial charge in [0, 0.05) is 13.6 Å². The van der Waals surface area contributed by atoms with Crippen LogP contribution in [0.4, 0.5) is 9.18 Å². The van der Waals surface area contributed by atoms with Crippen LogP contribution >= 0.6 is 0 Å². The molecular formula is C17H24FNO4. The van der Waals surface area contributed by atoms with Gasteiger partial charge in [0.2, 0.25) is 0 Å². The van der Waals surface area contributed by atoms with Crippen molar-refractivity contribution in [3.8, 4) is 0 Å². The van der Waals surface area contributed by atoms with E-state index < -0.39 is 35.3 Å². The Bertz CT molecular complexity index is 568. The fraction of sp³-hybridized carbons (Fsp3) is 0.529. The van der Waals surface area contributed by atoms with E-state index in [0.717, 1.165) is 0 Å². The molecule has 1 rings (SSSR count). The summed E-state index contributed by atoms with van der Waals surface area (Å²) >= 11 is 0. The van der Waals surface area contributed by atoms with Crippen LogP contribution in [0.15, 0.2) is 24.3 Å². The van der Waals surface area contributed by atoms with Crippen molar-refractivity contribution in [2.24, 2.45) is 5.92 Å². The predicted molar refractivity (Wildman–Crippen MR) is 84.8 cm³/mol. The second kappa shape index (κ2) is 7.44. The van der Waals surface area contributed by atoms with Crippen molar-refractivity contribution in [3.05, 3.63) is 35.6 Å². The van der Waals surface area contributed by atoms with Crippen molar-refractivity contribution in [1.29, 1.82) is 0 Å². The second-order valence-electron chi connectivity index (χ2n) is 6.62. The number of rotatable bonds is 5. The van der Waals surface area contributed by atoms with Crippen molar-refractivity contribution in [3.63, 3.8) is 0 Å². The summed E-state index contributed by atoms with van der Waals surface area (Å²) in [5.74, 6) is -3.06. The molecule has 128 valence electrons. The van der Waals surface area contributed by atoms with Gasteiger partial charge in [-0.05, 0) is 38.3 Å². The Morgan fingerprint density at radius 3 is 2.35 bits per heavy atom. The number of carboxylic acids is 1. The molecule has 0 aliphatic rings.